The van der Waals surface area contributed by atoms with Crippen molar-refractivity contribution in [3.8, 4) is 0 Å². The van der Waals surface area contributed by atoms with Crippen LogP contribution in [0.2, 0.25) is 0 Å². The first-order valence-corrected chi connectivity index (χ1v) is 6.17. The van der Waals surface area contributed by atoms with Crippen LogP contribution in [0, 0.1) is 3.57 Å². The molecule has 16 heavy (non-hydrogen) atoms. The largest absolute Gasteiger partial charge is 0.264 e. The van der Waals surface area contributed by atoms with E-state index in [0.29, 0.717) is 0 Å². The number of fused-ring (bicyclic) bond motifs is 1. The Bertz CT molecular complexity index is 558. The van der Waals surface area contributed by atoms with Crippen LogP contribution in [0.3, 0.4) is 0 Å². The molecule has 78 valence electrons. The van der Waals surface area contributed by atoms with E-state index in [1.165, 1.54) is 14.7 Å². The second-order valence-electron chi connectivity index (χ2n) is 3.75. The van der Waals surface area contributed by atoms with Crippen molar-refractivity contribution in [1.82, 2.24) is 4.98 Å². The number of benzene rings is 1. The molecule has 1 aromatic carbocycles. The number of aromatic nitrogens is 1. The zero-order valence-electron chi connectivity index (χ0n) is 8.52. The fraction of sp³-hybridized carbons (Fsp3) is 0.0769. The summed E-state index contributed by atoms with van der Waals surface area (Å²) in [5, 5.41) is 0. The van der Waals surface area contributed by atoms with Crippen LogP contribution in [0.4, 0.5) is 5.69 Å². The molecule has 2 aromatic rings. The first kappa shape index (κ1) is 9.96. The normalized spacial score (nSPS) is 13.4. The zero-order chi connectivity index (χ0) is 11.0. The van der Waals surface area contributed by atoms with Crippen LogP contribution in [0.25, 0.3) is 0 Å². The third-order valence-corrected chi connectivity index (χ3v) is 3.39. The summed E-state index contributed by atoms with van der Waals surface area (Å²) in [6.45, 7) is 0. The lowest BCUT2D eigenvalue weighted by Gasteiger charge is -1.99. The Labute approximate surface area is 108 Å². The number of nitrogens with zero attached hydrogens (tertiary/aromatic N) is 2. The fourth-order valence-corrected chi connectivity index (χ4v) is 2.20. The fourth-order valence-electron chi connectivity index (χ4n) is 1.84. The van der Waals surface area contributed by atoms with Crippen molar-refractivity contribution in [1.29, 1.82) is 0 Å². The van der Waals surface area contributed by atoms with E-state index in [1.807, 2.05) is 12.3 Å². The summed E-state index contributed by atoms with van der Waals surface area (Å²) in [4.78, 5) is 8.75. The van der Waals surface area contributed by atoms with Crippen molar-refractivity contribution in [3.05, 3.63) is 57.4 Å². The second kappa shape index (κ2) is 3.97. The molecule has 0 aliphatic carbocycles. The van der Waals surface area contributed by atoms with E-state index in [9.17, 15) is 0 Å². The molecule has 0 saturated heterocycles. The predicted molar refractivity (Wildman–Crippen MR) is 73.3 cm³/mol. The first-order chi connectivity index (χ1) is 7.83. The maximum absolute atomic E-state index is 4.63. The van der Waals surface area contributed by atoms with Gasteiger partial charge in [0.2, 0.25) is 0 Å². The van der Waals surface area contributed by atoms with E-state index < -0.39 is 0 Å². The molecule has 3 heteroatoms. The summed E-state index contributed by atoms with van der Waals surface area (Å²) in [6, 6.07) is 10.4. The van der Waals surface area contributed by atoms with Crippen molar-refractivity contribution in [2.75, 3.05) is 0 Å². The van der Waals surface area contributed by atoms with E-state index in [2.05, 4.69) is 56.8 Å². The Kier molecular flexibility index (Phi) is 2.47. The maximum atomic E-state index is 4.63. The minimum Gasteiger partial charge on any atom is -0.264 e. The highest BCUT2D eigenvalue weighted by molar-refractivity contribution is 14.1. The summed E-state index contributed by atoms with van der Waals surface area (Å²) < 4.78 is 1.25. The predicted octanol–water partition coefficient (Wildman–Crippen LogP) is 3.36. The van der Waals surface area contributed by atoms with Gasteiger partial charge in [-0.2, -0.15) is 0 Å². The van der Waals surface area contributed by atoms with E-state index in [-0.39, 0.29) is 0 Å². The van der Waals surface area contributed by atoms with Gasteiger partial charge in [0.1, 0.15) is 0 Å². The molecule has 2 heterocycles. The Morgan fingerprint density at radius 3 is 2.62 bits per heavy atom. The van der Waals surface area contributed by atoms with Crippen LogP contribution >= 0.6 is 22.6 Å². The van der Waals surface area contributed by atoms with Crippen molar-refractivity contribution in [2.24, 2.45) is 4.99 Å². The average Bonchev–Trinajstić information content (AvgIpc) is 2.73. The van der Waals surface area contributed by atoms with Gasteiger partial charge < -0.3 is 0 Å². The van der Waals surface area contributed by atoms with Gasteiger partial charge in [-0.15, -0.1) is 0 Å². The zero-order valence-corrected chi connectivity index (χ0v) is 10.7. The molecule has 0 unspecified atom stereocenters. The monoisotopic (exact) mass is 320 g/mol. The van der Waals surface area contributed by atoms with Gasteiger partial charge in [-0.1, -0.05) is 12.1 Å². The van der Waals surface area contributed by atoms with Gasteiger partial charge in [0, 0.05) is 27.9 Å². The lowest BCUT2D eigenvalue weighted by Crippen LogP contribution is -1.99. The lowest BCUT2D eigenvalue weighted by molar-refractivity contribution is 1.25. The SMILES string of the molecule is Ic1ccc(C2=Nc3ccncc3C2)cc1. The number of hydrogen-bond acceptors (Lipinski definition) is 2. The van der Waals surface area contributed by atoms with Crippen LogP contribution in [0.5, 0.6) is 0 Å². The number of rotatable bonds is 1. The van der Waals surface area contributed by atoms with E-state index in [4.69, 9.17) is 0 Å². The molecule has 0 bridgehead atoms. The third-order valence-electron chi connectivity index (χ3n) is 2.67. The molecular formula is C13H9IN2. The second-order valence-corrected chi connectivity index (χ2v) is 4.99. The van der Waals surface area contributed by atoms with Gasteiger partial charge >= 0.3 is 0 Å². The molecule has 0 atom stereocenters. The molecule has 0 fully saturated rings. The van der Waals surface area contributed by atoms with Crippen molar-refractivity contribution in [3.63, 3.8) is 0 Å². The van der Waals surface area contributed by atoms with Crippen molar-refractivity contribution < 1.29 is 0 Å². The average molecular weight is 320 g/mol. The Morgan fingerprint density at radius 2 is 1.88 bits per heavy atom. The van der Waals surface area contributed by atoms with Gasteiger partial charge in [0.15, 0.2) is 0 Å². The van der Waals surface area contributed by atoms with Gasteiger partial charge in [-0.3, -0.25) is 9.98 Å². The van der Waals surface area contributed by atoms with Crippen molar-refractivity contribution in [2.45, 2.75) is 6.42 Å². The van der Waals surface area contributed by atoms with Crippen molar-refractivity contribution >= 4 is 34.0 Å². The van der Waals surface area contributed by atoms with E-state index >= 15 is 0 Å². The smallest absolute Gasteiger partial charge is 0.0699 e. The summed E-state index contributed by atoms with van der Waals surface area (Å²) in [5.41, 5.74) is 4.62. The number of aliphatic imine (C=N–C) groups is 1. The molecule has 3 rings (SSSR count). The standard InChI is InChI=1S/C13H9IN2/c14-11-3-1-9(2-4-11)13-7-10-8-15-6-5-12(10)16-13/h1-6,8H,7H2. The van der Waals surface area contributed by atoms with Crippen LogP contribution in [0.15, 0.2) is 47.7 Å². The molecule has 2 nitrogen and oxygen atoms in total. The van der Waals surface area contributed by atoms with Crippen LogP contribution in [0.1, 0.15) is 11.1 Å². The lowest BCUT2D eigenvalue weighted by atomic mass is 10.1. The van der Waals surface area contributed by atoms with E-state index in [0.717, 1.165) is 17.8 Å². The van der Waals surface area contributed by atoms with E-state index in [1.54, 1.807) is 6.20 Å². The molecular weight excluding hydrogens is 311 g/mol. The summed E-state index contributed by atoms with van der Waals surface area (Å²) in [7, 11) is 0. The summed E-state index contributed by atoms with van der Waals surface area (Å²) in [6.07, 6.45) is 4.58. The molecule has 1 aliphatic heterocycles. The highest BCUT2D eigenvalue weighted by Gasteiger charge is 2.15. The maximum Gasteiger partial charge on any atom is 0.0699 e. The Balaban J connectivity index is 1.98. The molecule has 0 N–H and O–H groups in total. The number of halogens is 1. The molecule has 1 aromatic heterocycles. The quantitative estimate of drug-likeness (QED) is 0.740. The topological polar surface area (TPSA) is 25.2 Å². The van der Waals surface area contributed by atoms with Gasteiger partial charge in [-0.25, -0.2) is 0 Å². The van der Waals surface area contributed by atoms with Crippen LogP contribution in [-0.4, -0.2) is 10.7 Å². The Morgan fingerprint density at radius 1 is 1.06 bits per heavy atom. The number of pyridine rings is 1. The molecule has 0 radical (unpaired) electrons. The minimum absolute atomic E-state index is 0.893. The first-order valence-electron chi connectivity index (χ1n) is 5.09. The third kappa shape index (κ3) is 1.75. The highest BCUT2D eigenvalue weighted by atomic mass is 127. The summed E-state index contributed by atoms with van der Waals surface area (Å²) in [5.74, 6) is 0. The highest BCUT2D eigenvalue weighted by Crippen LogP contribution is 2.27. The molecule has 0 saturated carbocycles. The van der Waals surface area contributed by atoms with Gasteiger partial charge in [0.25, 0.3) is 0 Å². The Hall–Kier alpha value is -1.23. The van der Waals surface area contributed by atoms with Crippen LogP contribution < -0.4 is 0 Å². The molecule has 0 spiro atoms. The van der Waals surface area contributed by atoms with Gasteiger partial charge in [0.05, 0.1) is 11.4 Å². The van der Waals surface area contributed by atoms with Gasteiger partial charge in [-0.05, 0) is 46.4 Å². The number of hydrogen-bond donors (Lipinski definition) is 0. The summed E-state index contributed by atoms with van der Waals surface area (Å²) >= 11 is 2.31. The molecule has 1 aliphatic rings. The molecule has 0 amide bonds. The van der Waals surface area contributed by atoms with Crippen LogP contribution in [-0.2, 0) is 6.42 Å². The minimum atomic E-state index is 0.893.